The maximum absolute atomic E-state index is 13.1. The number of rotatable bonds is 2. The largest absolute Gasteiger partial charge is 0.341 e. The van der Waals surface area contributed by atoms with Crippen LogP contribution in [0.2, 0.25) is 5.15 Å². The van der Waals surface area contributed by atoms with E-state index in [2.05, 4.69) is 25.3 Å². The van der Waals surface area contributed by atoms with Crippen molar-refractivity contribution < 1.29 is 9.18 Å². The summed E-state index contributed by atoms with van der Waals surface area (Å²) in [5.74, 6) is -1.03. The van der Waals surface area contributed by atoms with Gasteiger partial charge in [0, 0.05) is 5.56 Å². The van der Waals surface area contributed by atoms with E-state index in [4.69, 9.17) is 11.6 Å². The summed E-state index contributed by atoms with van der Waals surface area (Å²) in [6.45, 7) is 0. The zero-order valence-corrected chi connectivity index (χ0v) is 10.6. The van der Waals surface area contributed by atoms with Gasteiger partial charge >= 0.3 is 0 Å². The second-order valence-corrected chi connectivity index (χ2v) is 4.26. The molecule has 0 aliphatic heterocycles. The lowest BCUT2D eigenvalue weighted by atomic mass is 10.2. The van der Waals surface area contributed by atoms with E-state index in [0.29, 0.717) is 11.2 Å². The molecule has 6 nitrogen and oxygen atoms in total. The lowest BCUT2D eigenvalue weighted by molar-refractivity contribution is 0.102. The van der Waals surface area contributed by atoms with E-state index in [1.807, 2.05) is 0 Å². The van der Waals surface area contributed by atoms with E-state index >= 15 is 0 Å². The van der Waals surface area contributed by atoms with Crippen molar-refractivity contribution in [3.8, 4) is 0 Å². The number of anilines is 1. The topological polar surface area (TPSA) is 83.6 Å². The predicted molar refractivity (Wildman–Crippen MR) is 71.0 cm³/mol. The Bertz CT molecular complexity index is 803. The Morgan fingerprint density at radius 1 is 1.35 bits per heavy atom. The lowest BCUT2D eigenvalue weighted by Crippen LogP contribution is -2.14. The third-order valence-corrected chi connectivity index (χ3v) is 2.83. The van der Waals surface area contributed by atoms with Gasteiger partial charge in [-0.3, -0.25) is 10.1 Å². The van der Waals surface area contributed by atoms with Crippen LogP contribution in [0.15, 0.2) is 30.6 Å². The van der Waals surface area contributed by atoms with Crippen LogP contribution in [0.4, 0.5) is 10.3 Å². The molecule has 0 radical (unpaired) electrons. The summed E-state index contributed by atoms with van der Waals surface area (Å²) < 4.78 is 13.1. The van der Waals surface area contributed by atoms with Gasteiger partial charge in [-0.2, -0.15) is 9.97 Å². The van der Waals surface area contributed by atoms with Crippen LogP contribution in [0, 0.1) is 5.82 Å². The number of benzene rings is 1. The molecule has 0 aliphatic rings. The molecule has 0 bridgehead atoms. The molecule has 8 heteroatoms. The number of aromatic nitrogens is 4. The van der Waals surface area contributed by atoms with Gasteiger partial charge in [-0.05, 0) is 18.2 Å². The third-order valence-electron chi connectivity index (χ3n) is 2.55. The number of hydrogen-bond acceptors (Lipinski definition) is 4. The summed E-state index contributed by atoms with van der Waals surface area (Å²) in [4.78, 5) is 26.6. The Kier molecular flexibility index (Phi) is 3.03. The molecule has 0 spiro atoms. The number of aromatic amines is 1. The molecule has 1 aromatic carbocycles. The summed E-state index contributed by atoms with van der Waals surface area (Å²) in [5.41, 5.74) is 0.974. The molecule has 3 aromatic rings. The molecule has 2 aromatic heterocycles. The normalized spacial score (nSPS) is 10.7. The molecule has 0 fully saturated rings. The Morgan fingerprint density at radius 2 is 2.20 bits per heavy atom. The standard InChI is InChI=1S/C12H7ClFN5O/c13-9-8-10(16-5-15-8)18-12(17-9)19-11(20)6-2-1-3-7(14)4-6/h1-5H,(H2,15,16,17,18,19,20). The SMILES string of the molecule is O=C(Nc1nc(Cl)c2[nH]cnc2n1)c1cccc(F)c1. The first-order chi connectivity index (χ1) is 9.63. The van der Waals surface area contributed by atoms with Crippen molar-refractivity contribution in [3.63, 3.8) is 0 Å². The van der Waals surface area contributed by atoms with Gasteiger partial charge in [0.1, 0.15) is 11.3 Å². The number of hydrogen-bond donors (Lipinski definition) is 2. The molecule has 1 amide bonds. The van der Waals surface area contributed by atoms with Crippen molar-refractivity contribution in [3.05, 3.63) is 47.1 Å². The molecule has 0 aliphatic carbocycles. The molecule has 2 N–H and O–H groups in total. The van der Waals surface area contributed by atoms with E-state index < -0.39 is 11.7 Å². The molecule has 20 heavy (non-hydrogen) atoms. The quantitative estimate of drug-likeness (QED) is 0.710. The molecule has 0 saturated heterocycles. The first-order valence-electron chi connectivity index (χ1n) is 5.57. The summed E-state index contributed by atoms with van der Waals surface area (Å²) >= 11 is 5.92. The second-order valence-electron chi connectivity index (χ2n) is 3.90. The van der Waals surface area contributed by atoms with E-state index in [1.165, 1.54) is 24.5 Å². The molecule has 0 atom stereocenters. The molecular formula is C12H7ClFN5O. The zero-order valence-electron chi connectivity index (χ0n) is 9.89. The van der Waals surface area contributed by atoms with Crippen LogP contribution in [0.1, 0.15) is 10.4 Å². The van der Waals surface area contributed by atoms with Crippen molar-refractivity contribution in [2.24, 2.45) is 0 Å². The minimum Gasteiger partial charge on any atom is -0.341 e. The minimum atomic E-state index is -0.532. The van der Waals surface area contributed by atoms with Crippen LogP contribution in [0.3, 0.4) is 0 Å². The van der Waals surface area contributed by atoms with E-state index in [0.717, 1.165) is 6.07 Å². The van der Waals surface area contributed by atoms with Crippen LogP contribution < -0.4 is 5.32 Å². The number of halogens is 2. The van der Waals surface area contributed by atoms with E-state index in [-0.39, 0.29) is 16.7 Å². The van der Waals surface area contributed by atoms with Crippen molar-refractivity contribution >= 4 is 34.6 Å². The molecule has 0 unspecified atom stereocenters. The molecule has 2 heterocycles. The van der Waals surface area contributed by atoms with Gasteiger partial charge in [-0.15, -0.1) is 0 Å². The van der Waals surface area contributed by atoms with Crippen LogP contribution in [0.5, 0.6) is 0 Å². The molecule has 100 valence electrons. The van der Waals surface area contributed by atoms with Crippen molar-refractivity contribution in [1.82, 2.24) is 19.9 Å². The summed E-state index contributed by atoms with van der Waals surface area (Å²) in [5, 5.41) is 2.58. The molecule has 0 saturated carbocycles. The smallest absolute Gasteiger partial charge is 0.258 e. The predicted octanol–water partition coefficient (Wildman–Crippen LogP) is 2.40. The Morgan fingerprint density at radius 3 is 3.00 bits per heavy atom. The number of nitrogens with zero attached hydrogens (tertiary/aromatic N) is 3. The number of nitrogens with one attached hydrogen (secondary N) is 2. The number of fused-ring (bicyclic) bond motifs is 1. The highest BCUT2D eigenvalue weighted by Crippen LogP contribution is 2.18. The fourth-order valence-corrected chi connectivity index (χ4v) is 1.88. The van der Waals surface area contributed by atoms with Crippen LogP contribution >= 0.6 is 11.6 Å². The first-order valence-corrected chi connectivity index (χ1v) is 5.95. The molecule has 3 rings (SSSR count). The van der Waals surface area contributed by atoms with Crippen molar-refractivity contribution in [1.29, 1.82) is 0 Å². The van der Waals surface area contributed by atoms with Crippen LogP contribution in [-0.4, -0.2) is 25.8 Å². The van der Waals surface area contributed by atoms with Gasteiger partial charge in [0.05, 0.1) is 6.33 Å². The van der Waals surface area contributed by atoms with Gasteiger partial charge in [-0.1, -0.05) is 17.7 Å². The Balaban J connectivity index is 1.91. The van der Waals surface area contributed by atoms with Gasteiger partial charge in [0.15, 0.2) is 10.8 Å². The van der Waals surface area contributed by atoms with Gasteiger partial charge in [0.2, 0.25) is 5.95 Å². The maximum atomic E-state index is 13.1. The number of carbonyl (C=O) groups excluding carboxylic acids is 1. The summed E-state index contributed by atoms with van der Waals surface area (Å²) in [7, 11) is 0. The van der Waals surface area contributed by atoms with Gasteiger partial charge < -0.3 is 4.98 Å². The minimum absolute atomic E-state index is 0.00358. The van der Waals surface area contributed by atoms with E-state index in [1.54, 1.807) is 0 Å². The highest BCUT2D eigenvalue weighted by molar-refractivity contribution is 6.33. The highest BCUT2D eigenvalue weighted by atomic mass is 35.5. The van der Waals surface area contributed by atoms with Gasteiger partial charge in [-0.25, -0.2) is 9.37 Å². The van der Waals surface area contributed by atoms with Crippen molar-refractivity contribution in [2.75, 3.05) is 5.32 Å². The number of carbonyl (C=O) groups is 1. The lowest BCUT2D eigenvalue weighted by Gasteiger charge is -2.04. The fraction of sp³-hybridized carbons (Fsp3) is 0. The van der Waals surface area contributed by atoms with Crippen LogP contribution in [0.25, 0.3) is 11.2 Å². The average molecular weight is 292 g/mol. The van der Waals surface area contributed by atoms with Gasteiger partial charge in [0.25, 0.3) is 5.91 Å². The summed E-state index contributed by atoms with van der Waals surface area (Å²) in [6.07, 6.45) is 1.42. The third kappa shape index (κ3) is 2.30. The zero-order chi connectivity index (χ0) is 14.1. The van der Waals surface area contributed by atoms with E-state index in [9.17, 15) is 9.18 Å². The monoisotopic (exact) mass is 291 g/mol. The molecular weight excluding hydrogens is 285 g/mol. The highest BCUT2D eigenvalue weighted by Gasteiger charge is 2.12. The van der Waals surface area contributed by atoms with Crippen molar-refractivity contribution in [2.45, 2.75) is 0 Å². The Labute approximate surface area is 117 Å². The van der Waals surface area contributed by atoms with Crippen LogP contribution in [-0.2, 0) is 0 Å². The first kappa shape index (κ1) is 12.5. The number of amides is 1. The maximum Gasteiger partial charge on any atom is 0.258 e. The number of H-pyrrole nitrogens is 1. The fourth-order valence-electron chi connectivity index (χ4n) is 1.66. The number of imidazole rings is 1. The average Bonchev–Trinajstić information content (AvgIpc) is 2.87. The Hall–Kier alpha value is -2.54. The summed E-state index contributed by atoms with van der Waals surface area (Å²) in [6, 6.07) is 5.28. The second kappa shape index (κ2) is 4.86.